The van der Waals surface area contributed by atoms with Crippen LogP contribution in [-0.4, -0.2) is 48.8 Å². The molecule has 0 bridgehead atoms. The van der Waals surface area contributed by atoms with Crippen LogP contribution < -0.4 is 9.47 Å². The Morgan fingerprint density at radius 1 is 1.15 bits per heavy atom. The van der Waals surface area contributed by atoms with Gasteiger partial charge in [-0.2, -0.15) is 0 Å². The summed E-state index contributed by atoms with van der Waals surface area (Å²) in [6.07, 6.45) is 0. The first kappa shape index (κ1) is 20.7. The second-order valence-corrected chi connectivity index (χ2v) is 6.83. The van der Waals surface area contributed by atoms with E-state index in [0.29, 0.717) is 29.3 Å². The smallest absolute Gasteiger partial charge is 0.196 e. The first-order valence-corrected chi connectivity index (χ1v) is 8.86. The van der Waals surface area contributed by atoms with Crippen LogP contribution in [-0.2, 0) is 6.54 Å². The van der Waals surface area contributed by atoms with Crippen molar-refractivity contribution in [2.75, 3.05) is 21.3 Å². The Morgan fingerprint density at radius 2 is 1.78 bits per heavy atom. The van der Waals surface area contributed by atoms with Gasteiger partial charge in [0, 0.05) is 17.8 Å². The number of carbonyl (C=O) groups is 2. The molecule has 6 nitrogen and oxygen atoms in total. The number of ketones is 2. The summed E-state index contributed by atoms with van der Waals surface area (Å²) < 4.78 is 10.6. The van der Waals surface area contributed by atoms with Crippen molar-refractivity contribution in [2.24, 2.45) is 0 Å². The maximum absolute atomic E-state index is 13.0. The predicted octanol–water partition coefficient (Wildman–Crippen LogP) is 3.55. The minimum atomic E-state index is -0.352. The first-order valence-electron chi connectivity index (χ1n) is 8.86. The van der Waals surface area contributed by atoms with Crippen LogP contribution in [0.2, 0.25) is 0 Å². The molecule has 2 aromatic rings. The van der Waals surface area contributed by atoms with Crippen LogP contribution in [0.4, 0.5) is 0 Å². The molecule has 0 aliphatic heterocycles. The highest BCUT2D eigenvalue weighted by Gasteiger charge is 2.26. The number of nitrogens with zero attached hydrogens (tertiary/aromatic N) is 1. The summed E-state index contributed by atoms with van der Waals surface area (Å²) in [4.78, 5) is 29.9. The molecule has 1 aromatic carbocycles. The van der Waals surface area contributed by atoms with E-state index in [4.69, 9.17) is 9.47 Å². The van der Waals surface area contributed by atoms with Crippen molar-refractivity contribution in [1.29, 1.82) is 0 Å². The van der Waals surface area contributed by atoms with Crippen molar-refractivity contribution in [3.8, 4) is 11.5 Å². The van der Waals surface area contributed by atoms with Crippen LogP contribution in [0.25, 0.3) is 0 Å². The fourth-order valence-corrected chi connectivity index (χ4v) is 3.34. The summed E-state index contributed by atoms with van der Waals surface area (Å²) in [5.74, 6) is 1.25. The Balaban J connectivity index is 2.20. The summed E-state index contributed by atoms with van der Waals surface area (Å²) in [7, 11) is 5.09. The van der Waals surface area contributed by atoms with E-state index in [9.17, 15) is 9.59 Å². The zero-order valence-corrected chi connectivity index (χ0v) is 17.1. The van der Waals surface area contributed by atoms with Crippen LogP contribution in [0.15, 0.2) is 18.2 Å². The average Bonchev–Trinajstić information content (AvgIpc) is 2.94. The van der Waals surface area contributed by atoms with E-state index in [2.05, 4.69) is 4.98 Å². The molecule has 1 unspecified atom stereocenters. The Hall–Kier alpha value is -2.60. The van der Waals surface area contributed by atoms with Crippen LogP contribution >= 0.6 is 0 Å². The minimum Gasteiger partial charge on any atom is -0.493 e. The third-order valence-electron chi connectivity index (χ3n) is 4.96. The molecule has 0 aliphatic carbocycles. The van der Waals surface area contributed by atoms with E-state index in [0.717, 1.165) is 16.8 Å². The number of carbonyl (C=O) groups excluding carboxylic acids is 2. The third-order valence-corrected chi connectivity index (χ3v) is 4.96. The number of H-pyrrole nitrogens is 1. The van der Waals surface area contributed by atoms with Crippen LogP contribution in [0, 0.1) is 13.8 Å². The maximum Gasteiger partial charge on any atom is 0.196 e. The van der Waals surface area contributed by atoms with Gasteiger partial charge in [-0.15, -0.1) is 0 Å². The number of hydrogen-bond donors (Lipinski definition) is 1. The van der Waals surface area contributed by atoms with Gasteiger partial charge in [-0.05, 0) is 58.0 Å². The van der Waals surface area contributed by atoms with Gasteiger partial charge in [-0.25, -0.2) is 0 Å². The molecule has 0 spiro atoms. The number of nitrogens with one attached hydrogen (secondary N) is 1. The number of methoxy groups -OCH3 is 2. The lowest BCUT2D eigenvalue weighted by atomic mass is 10.0. The van der Waals surface area contributed by atoms with Gasteiger partial charge < -0.3 is 14.5 Å². The molecule has 0 saturated carbocycles. The normalized spacial score (nSPS) is 12.1. The first-order chi connectivity index (χ1) is 12.7. The number of likely N-dealkylation sites (N-methyl/N-ethyl adjacent to an activating group) is 1. The van der Waals surface area contributed by atoms with E-state index in [1.807, 2.05) is 50.9 Å². The average molecular weight is 372 g/mol. The highest BCUT2D eigenvalue weighted by Crippen LogP contribution is 2.28. The lowest BCUT2D eigenvalue weighted by molar-refractivity contribution is 0.0856. The Labute approximate surface area is 160 Å². The molecule has 0 fully saturated rings. The standard InChI is InChI=1S/C21H28N2O4/c1-12-19(15(4)24)13(2)22-20(12)21(25)14(3)23(5)11-16-8-9-17(26-6)18(10-16)27-7/h8-10,14,22H,11H2,1-7H3. The minimum absolute atomic E-state index is 0.0355. The summed E-state index contributed by atoms with van der Waals surface area (Å²) in [6, 6.07) is 5.36. The molecule has 6 heteroatoms. The molecule has 1 N–H and O–H groups in total. The number of Topliss-reactive ketones (excluding diaryl/α,β-unsaturated/α-hetero) is 2. The van der Waals surface area contributed by atoms with Gasteiger partial charge in [0.2, 0.25) is 0 Å². The maximum atomic E-state index is 13.0. The fraction of sp³-hybridized carbons (Fsp3) is 0.429. The van der Waals surface area contributed by atoms with Gasteiger partial charge in [0.25, 0.3) is 0 Å². The van der Waals surface area contributed by atoms with Crippen LogP contribution in [0.1, 0.15) is 51.5 Å². The van der Waals surface area contributed by atoms with Crippen LogP contribution in [0.3, 0.4) is 0 Å². The third kappa shape index (κ3) is 4.22. The number of ether oxygens (including phenoxy) is 2. The van der Waals surface area contributed by atoms with E-state index >= 15 is 0 Å². The number of hydrogen-bond acceptors (Lipinski definition) is 5. The van der Waals surface area contributed by atoms with Gasteiger partial charge >= 0.3 is 0 Å². The summed E-state index contributed by atoms with van der Waals surface area (Å²) in [5.41, 5.74) is 3.57. The van der Waals surface area contributed by atoms with Crippen molar-refractivity contribution < 1.29 is 19.1 Å². The number of aryl methyl sites for hydroxylation is 1. The lowest BCUT2D eigenvalue weighted by Gasteiger charge is -2.24. The number of rotatable bonds is 8. The fourth-order valence-electron chi connectivity index (χ4n) is 3.34. The van der Waals surface area contributed by atoms with Crippen LogP contribution in [0.5, 0.6) is 11.5 Å². The zero-order chi connectivity index (χ0) is 20.3. The molecule has 0 radical (unpaired) electrons. The molecular weight excluding hydrogens is 344 g/mol. The Bertz CT molecular complexity index is 854. The van der Waals surface area contributed by atoms with Crippen molar-refractivity contribution >= 4 is 11.6 Å². The van der Waals surface area contributed by atoms with Crippen molar-refractivity contribution in [3.05, 3.63) is 46.3 Å². The number of benzene rings is 1. The SMILES string of the molecule is COc1ccc(CN(C)C(C)C(=O)c2[nH]c(C)c(C(C)=O)c2C)cc1OC. The Morgan fingerprint density at radius 3 is 2.30 bits per heavy atom. The van der Waals surface area contributed by atoms with E-state index in [1.54, 1.807) is 14.2 Å². The largest absolute Gasteiger partial charge is 0.493 e. The molecule has 27 heavy (non-hydrogen) atoms. The lowest BCUT2D eigenvalue weighted by Crippen LogP contribution is -2.36. The van der Waals surface area contributed by atoms with Gasteiger partial charge in [-0.1, -0.05) is 6.07 Å². The van der Waals surface area contributed by atoms with Gasteiger partial charge in [-0.3, -0.25) is 14.5 Å². The molecular formula is C21H28N2O4. The second kappa shape index (κ2) is 8.39. The van der Waals surface area contributed by atoms with Crippen molar-refractivity contribution in [1.82, 2.24) is 9.88 Å². The van der Waals surface area contributed by atoms with Crippen molar-refractivity contribution in [3.63, 3.8) is 0 Å². The molecule has 0 aliphatic rings. The van der Waals surface area contributed by atoms with Gasteiger partial charge in [0.05, 0.1) is 26.0 Å². The zero-order valence-electron chi connectivity index (χ0n) is 17.1. The summed E-state index contributed by atoms with van der Waals surface area (Å²) in [6.45, 7) is 7.59. The summed E-state index contributed by atoms with van der Waals surface area (Å²) in [5, 5.41) is 0. The highest BCUT2D eigenvalue weighted by molar-refractivity contribution is 6.05. The van der Waals surface area contributed by atoms with E-state index < -0.39 is 0 Å². The molecule has 0 saturated heterocycles. The number of aromatic amines is 1. The topological polar surface area (TPSA) is 71.6 Å². The van der Waals surface area contributed by atoms with Gasteiger partial charge in [0.15, 0.2) is 23.1 Å². The Kier molecular flexibility index (Phi) is 6.44. The highest BCUT2D eigenvalue weighted by atomic mass is 16.5. The number of aromatic nitrogens is 1. The molecule has 1 heterocycles. The quantitative estimate of drug-likeness (QED) is 0.718. The van der Waals surface area contributed by atoms with Crippen molar-refractivity contribution in [2.45, 2.75) is 40.3 Å². The second-order valence-electron chi connectivity index (χ2n) is 6.83. The predicted molar refractivity (Wildman–Crippen MR) is 105 cm³/mol. The van der Waals surface area contributed by atoms with Gasteiger partial charge in [0.1, 0.15) is 0 Å². The van der Waals surface area contributed by atoms with E-state index in [1.165, 1.54) is 6.92 Å². The summed E-state index contributed by atoms with van der Waals surface area (Å²) >= 11 is 0. The monoisotopic (exact) mass is 372 g/mol. The molecule has 1 atom stereocenters. The molecule has 146 valence electrons. The molecule has 0 amide bonds. The molecule has 2 rings (SSSR count). The van der Waals surface area contributed by atoms with E-state index in [-0.39, 0.29) is 17.6 Å². The molecule has 1 aromatic heterocycles.